The van der Waals surface area contributed by atoms with Crippen LogP contribution in [0.25, 0.3) is 10.8 Å². The van der Waals surface area contributed by atoms with Gasteiger partial charge >= 0.3 is 0 Å². The summed E-state index contributed by atoms with van der Waals surface area (Å²) in [7, 11) is 0. The van der Waals surface area contributed by atoms with Crippen LogP contribution in [0.15, 0.2) is 66.7 Å². The van der Waals surface area contributed by atoms with Gasteiger partial charge in [0.15, 0.2) is 12.4 Å². The SMILES string of the molecule is O=C(CCC(=O)c1ccc2ccccc2c1)NNC(=O)COc1ccc(F)cc1. The third-order valence-electron chi connectivity index (χ3n) is 4.18. The van der Waals surface area contributed by atoms with Gasteiger partial charge in [-0.1, -0.05) is 36.4 Å². The number of hydrazine groups is 1. The molecule has 0 saturated heterocycles. The van der Waals surface area contributed by atoms with Gasteiger partial charge in [0.1, 0.15) is 11.6 Å². The van der Waals surface area contributed by atoms with Gasteiger partial charge in [-0.15, -0.1) is 0 Å². The Morgan fingerprint density at radius 2 is 1.48 bits per heavy atom. The van der Waals surface area contributed by atoms with E-state index >= 15 is 0 Å². The predicted molar refractivity (Wildman–Crippen MR) is 106 cm³/mol. The quantitative estimate of drug-likeness (QED) is 0.476. The second kappa shape index (κ2) is 9.45. The second-order valence-corrected chi connectivity index (χ2v) is 6.32. The number of halogens is 1. The van der Waals surface area contributed by atoms with Crippen molar-refractivity contribution in [2.75, 3.05) is 6.61 Å². The number of hydrogen-bond acceptors (Lipinski definition) is 4. The molecule has 3 rings (SSSR count). The molecule has 0 unspecified atom stereocenters. The topological polar surface area (TPSA) is 84.5 Å². The molecule has 0 heterocycles. The van der Waals surface area contributed by atoms with Gasteiger partial charge in [-0.05, 0) is 41.1 Å². The van der Waals surface area contributed by atoms with Gasteiger partial charge in [-0.25, -0.2) is 4.39 Å². The highest BCUT2D eigenvalue weighted by Crippen LogP contribution is 2.17. The molecule has 3 aromatic rings. The number of fused-ring (bicyclic) bond motifs is 1. The maximum Gasteiger partial charge on any atom is 0.276 e. The molecule has 0 atom stereocenters. The van der Waals surface area contributed by atoms with E-state index in [0.717, 1.165) is 10.8 Å². The van der Waals surface area contributed by atoms with Gasteiger partial charge in [-0.2, -0.15) is 0 Å². The fourth-order valence-corrected chi connectivity index (χ4v) is 2.65. The van der Waals surface area contributed by atoms with Crippen LogP contribution >= 0.6 is 0 Å². The largest absolute Gasteiger partial charge is 0.484 e. The Kier molecular flexibility index (Phi) is 6.52. The van der Waals surface area contributed by atoms with Crippen LogP contribution in [0.3, 0.4) is 0 Å². The summed E-state index contributed by atoms with van der Waals surface area (Å²) in [5.41, 5.74) is 4.97. The van der Waals surface area contributed by atoms with Crippen molar-refractivity contribution < 1.29 is 23.5 Å². The van der Waals surface area contributed by atoms with Gasteiger partial charge in [0, 0.05) is 18.4 Å². The number of ether oxygens (including phenoxy) is 1. The number of carbonyl (C=O) groups is 3. The van der Waals surface area contributed by atoms with Gasteiger partial charge in [0.05, 0.1) is 0 Å². The number of nitrogens with one attached hydrogen (secondary N) is 2. The molecule has 0 aliphatic heterocycles. The molecule has 0 spiro atoms. The number of benzene rings is 3. The van der Waals surface area contributed by atoms with Crippen LogP contribution in [0.5, 0.6) is 5.75 Å². The summed E-state index contributed by atoms with van der Waals surface area (Å²) in [5, 5.41) is 1.99. The van der Waals surface area contributed by atoms with E-state index in [1.54, 1.807) is 12.1 Å². The minimum atomic E-state index is -0.580. The van der Waals surface area contributed by atoms with Crippen LogP contribution in [0, 0.1) is 5.82 Å². The van der Waals surface area contributed by atoms with Crippen molar-refractivity contribution in [1.82, 2.24) is 10.9 Å². The summed E-state index contributed by atoms with van der Waals surface area (Å²) >= 11 is 0. The zero-order valence-corrected chi connectivity index (χ0v) is 15.5. The Bertz CT molecular complexity index is 1030. The molecule has 0 aliphatic rings. The number of hydrogen-bond donors (Lipinski definition) is 2. The Morgan fingerprint density at radius 3 is 2.24 bits per heavy atom. The molecule has 29 heavy (non-hydrogen) atoms. The predicted octanol–water partition coefficient (Wildman–Crippen LogP) is 3.17. The third-order valence-corrected chi connectivity index (χ3v) is 4.18. The molecule has 6 nitrogen and oxygen atoms in total. The molecule has 3 aromatic carbocycles. The van der Waals surface area contributed by atoms with Crippen molar-refractivity contribution in [2.24, 2.45) is 0 Å². The summed E-state index contributed by atoms with van der Waals surface area (Å²) in [5.74, 6) is -1.31. The number of rotatable bonds is 7. The smallest absolute Gasteiger partial charge is 0.276 e. The second-order valence-electron chi connectivity index (χ2n) is 6.32. The summed E-state index contributed by atoms with van der Waals surface area (Å²) in [6.45, 7) is -0.345. The lowest BCUT2D eigenvalue weighted by Crippen LogP contribution is -2.43. The first kappa shape index (κ1) is 20.0. The van der Waals surface area contributed by atoms with E-state index in [-0.39, 0.29) is 25.2 Å². The minimum absolute atomic E-state index is 0.0200. The standard InChI is InChI=1S/C22H19FN2O4/c23-18-7-9-19(10-8-18)29-14-22(28)25-24-21(27)12-11-20(26)17-6-5-15-3-1-2-4-16(15)13-17/h1-10,13H,11-12,14H2,(H,24,27)(H,25,28). The van der Waals surface area contributed by atoms with E-state index in [9.17, 15) is 18.8 Å². The van der Waals surface area contributed by atoms with E-state index in [1.807, 2.05) is 30.3 Å². The zero-order chi connectivity index (χ0) is 20.6. The molecular weight excluding hydrogens is 375 g/mol. The lowest BCUT2D eigenvalue weighted by Gasteiger charge is -2.09. The maximum absolute atomic E-state index is 12.8. The highest BCUT2D eigenvalue weighted by Gasteiger charge is 2.11. The monoisotopic (exact) mass is 394 g/mol. The Labute approximate surface area is 166 Å². The molecular formula is C22H19FN2O4. The first-order chi connectivity index (χ1) is 14.0. The molecule has 2 N–H and O–H groups in total. The van der Waals surface area contributed by atoms with Gasteiger partial charge in [0.2, 0.25) is 5.91 Å². The fraction of sp³-hybridized carbons (Fsp3) is 0.136. The first-order valence-corrected chi connectivity index (χ1v) is 8.99. The van der Waals surface area contributed by atoms with Crippen LogP contribution in [-0.4, -0.2) is 24.2 Å². The molecule has 0 aliphatic carbocycles. The molecule has 0 bridgehead atoms. The van der Waals surface area contributed by atoms with Crippen LogP contribution < -0.4 is 15.6 Å². The highest BCUT2D eigenvalue weighted by molar-refractivity contribution is 6.01. The first-order valence-electron chi connectivity index (χ1n) is 8.99. The molecule has 0 fully saturated rings. The third kappa shape index (κ3) is 5.87. The van der Waals surface area contributed by atoms with Crippen LogP contribution in [-0.2, 0) is 9.59 Å². The molecule has 0 aromatic heterocycles. The molecule has 0 saturated carbocycles. The lowest BCUT2D eigenvalue weighted by molar-refractivity contribution is -0.130. The van der Waals surface area contributed by atoms with E-state index in [0.29, 0.717) is 11.3 Å². The molecule has 7 heteroatoms. The van der Waals surface area contributed by atoms with Crippen LogP contribution in [0.4, 0.5) is 4.39 Å². The van der Waals surface area contributed by atoms with Crippen LogP contribution in [0.2, 0.25) is 0 Å². The van der Waals surface area contributed by atoms with Crippen molar-refractivity contribution in [3.63, 3.8) is 0 Å². The number of amides is 2. The van der Waals surface area contributed by atoms with Crippen molar-refractivity contribution in [1.29, 1.82) is 0 Å². The Morgan fingerprint density at radius 1 is 0.793 bits per heavy atom. The summed E-state index contributed by atoms with van der Waals surface area (Å²) in [6.07, 6.45) is -0.0448. The van der Waals surface area contributed by atoms with E-state index in [4.69, 9.17) is 4.74 Å². The highest BCUT2D eigenvalue weighted by atomic mass is 19.1. The van der Waals surface area contributed by atoms with Crippen LogP contribution in [0.1, 0.15) is 23.2 Å². The van der Waals surface area contributed by atoms with E-state index in [2.05, 4.69) is 10.9 Å². The average Bonchev–Trinajstić information content (AvgIpc) is 2.75. The van der Waals surface area contributed by atoms with E-state index in [1.165, 1.54) is 24.3 Å². The Hall–Kier alpha value is -3.74. The summed E-state index contributed by atoms with van der Waals surface area (Å²) in [4.78, 5) is 35.8. The summed E-state index contributed by atoms with van der Waals surface area (Å²) < 4.78 is 18.0. The Balaban J connectivity index is 1.40. The lowest BCUT2D eigenvalue weighted by atomic mass is 10.0. The molecule has 2 amide bonds. The fourth-order valence-electron chi connectivity index (χ4n) is 2.65. The van der Waals surface area contributed by atoms with Gasteiger partial charge in [0.25, 0.3) is 5.91 Å². The van der Waals surface area contributed by atoms with Crippen molar-refractivity contribution in [3.8, 4) is 5.75 Å². The average molecular weight is 394 g/mol. The number of Topliss-reactive ketones (excluding diaryl/α,β-unsaturated/α-hetero) is 1. The molecule has 148 valence electrons. The maximum atomic E-state index is 12.8. The minimum Gasteiger partial charge on any atom is -0.484 e. The van der Waals surface area contributed by atoms with Crippen molar-refractivity contribution >= 4 is 28.4 Å². The van der Waals surface area contributed by atoms with Gasteiger partial charge < -0.3 is 4.74 Å². The van der Waals surface area contributed by atoms with Crippen molar-refractivity contribution in [3.05, 3.63) is 78.1 Å². The number of carbonyl (C=O) groups excluding carboxylic acids is 3. The van der Waals surface area contributed by atoms with E-state index < -0.39 is 17.6 Å². The van der Waals surface area contributed by atoms with Gasteiger partial charge in [-0.3, -0.25) is 25.2 Å². The molecule has 0 radical (unpaired) electrons. The summed E-state index contributed by atoms with van der Waals surface area (Å²) in [6, 6.07) is 18.3. The zero-order valence-electron chi connectivity index (χ0n) is 15.5. The van der Waals surface area contributed by atoms with Crippen molar-refractivity contribution in [2.45, 2.75) is 12.8 Å². The number of ketones is 1. The normalized spacial score (nSPS) is 10.4.